The van der Waals surface area contributed by atoms with Crippen molar-refractivity contribution >= 4 is 52.8 Å². The van der Waals surface area contributed by atoms with E-state index in [1.54, 1.807) is 6.20 Å². The van der Waals surface area contributed by atoms with Gasteiger partial charge in [0.05, 0.1) is 0 Å². The first-order valence-corrected chi connectivity index (χ1v) is 5.55. The van der Waals surface area contributed by atoms with Gasteiger partial charge in [-0.15, -0.1) is 24.8 Å². The van der Waals surface area contributed by atoms with Crippen LogP contribution in [0.1, 0.15) is 5.56 Å². The Kier molecular flexibility index (Phi) is 7.78. The number of thiocarbonyl (C=S) groups is 1. The Morgan fingerprint density at radius 3 is 2.78 bits per heavy atom. The molecule has 1 aromatic heterocycles. The lowest BCUT2D eigenvalue weighted by atomic mass is 10.1. The Labute approximate surface area is 124 Å². The molecule has 1 aromatic carbocycles. The molecular formula is C12H15Cl2N3S. The molecule has 18 heavy (non-hydrogen) atoms. The summed E-state index contributed by atoms with van der Waals surface area (Å²) < 4.78 is 0. The molecule has 0 spiro atoms. The van der Waals surface area contributed by atoms with Crippen molar-refractivity contribution in [3.8, 4) is 0 Å². The van der Waals surface area contributed by atoms with Crippen LogP contribution in [0.15, 0.2) is 36.7 Å². The molecule has 0 aliphatic rings. The first kappa shape index (κ1) is 17.1. The highest BCUT2D eigenvalue weighted by Gasteiger charge is 2.04. The molecule has 0 aliphatic heterocycles. The molecule has 0 saturated carbocycles. The SMILES string of the molecule is Cl.Cl.NCCNC(=S)c1cccc2cnccc12. The maximum Gasteiger partial charge on any atom is 0.107 e. The molecule has 0 unspecified atom stereocenters. The Hall–Kier alpha value is -0.940. The third kappa shape index (κ3) is 3.78. The molecule has 0 saturated heterocycles. The van der Waals surface area contributed by atoms with E-state index in [4.69, 9.17) is 18.0 Å². The summed E-state index contributed by atoms with van der Waals surface area (Å²) in [7, 11) is 0. The van der Waals surface area contributed by atoms with E-state index in [1.807, 2.05) is 30.5 Å². The quantitative estimate of drug-likeness (QED) is 0.854. The van der Waals surface area contributed by atoms with Crippen LogP contribution in [0.4, 0.5) is 0 Å². The van der Waals surface area contributed by atoms with Crippen molar-refractivity contribution in [3.63, 3.8) is 0 Å². The summed E-state index contributed by atoms with van der Waals surface area (Å²) in [5.74, 6) is 0. The number of hydrogen-bond acceptors (Lipinski definition) is 3. The molecule has 0 fully saturated rings. The Morgan fingerprint density at radius 2 is 2.06 bits per heavy atom. The van der Waals surface area contributed by atoms with Gasteiger partial charge in [-0.1, -0.05) is 30.4 Å². The summed E-state index contributed by atoms with van der Waals surface area (Å²) in [5, 5.41) is 5.34. The average molecular weight is 304 g/mol. The predicted molar refractivity (Wildman–Crippen MR) is 85.0 cm³/mol. The van der Waals surface area contributed by atoms with Gasteiger partial charge in [-0.25, -0.2) is 0 Å². The number of nitrogens with one attached hydrogen (secondary N) is 1. The zero-order chi connectivity index (χ0) is 11.4. The fourth-order valence-corrected chi connectivity index (χ4v) is 1.88. The minimum atomic E-state index is 0. The number of halogens is 2. The van der Waals surface area contributed by atoms with Crippen LogP contribution in [0.3, 0.4) is 0 Å². The second-order valence-corrected chi connectivity index (χ2v) is 3.86. The van der Waals surface area contributed by atoms with E-state index in [0.29, 0.717) is 13.1 Å². The minimum Gasteiger partial charge on any atom is -0.375 e. The monoisotopic (exact) mass is 303 g/mol. The summed E-state index contributed by atoms with van der Waals surface area (Å²) in [6, 6.07) is 7.99. The topological polar surface area (TPSA) is 50.9 Å². The van der Waals surface area contributed by atoms with Gasteiger partial charge in [0, 0.05) is 36.4 Å². The fraction of sp³-hybridized carbons (Fsp3) is 0.167. The van der Waals surface area contributed by atoms with E-state index in [1.165, 1.54) is 0 Å². The number of nitrogens with zero attached hydrogens (tertiary/aromatic N) is 1. The minimum absolute atomic E-state index is 0. The number of benzene rings is 1. The van der Waals surface area contributed by atoms with Crippen molar-refractivity contribution in [2.75, 3.05) is 13.1 Å². The van der Waals surface area contributed by atoms with Crippen LogP contribution >= 0.6 is 37.0 Å². The fourth-order valence-electron chi connectivity index (χ4n) is 1.60. The molecule has 6 heteroatoms. The van der Waals surface area contributed by atoms with Crippen molar-refractivity contribution in [3.05, 3.63) is 42.2 Å². The number of pyridine rings is 1. The van der Waals surface area contributed by atoms with Crippen LogP contribution in [0.5, 0.6) is 0 Å². The maximum atomic E-state index is 5.44. The molecule has 0 aliphatic carbocycles. The second-order valence-electron chi connectivity index (χ2n) is 3.45. The van der Waals surface area contributed by atoms with Crippen LogP contribution in [-0.2, 0) is 0 Å². The largest absolute Gasteiger partial charge is 0.375 e. The Bertz CT molecular complexity index is 514. The average Bonchev–Trinajstić information content (AvgIpc) is 2.35. The first-order valence-electron chi connectivity index (χ1n) is 5.14. The van der Waals surface area contributed by atoms with Crippen molar-refractivity contribution in [1.82, 2.24) is 10.3 Å². The lowest BCUT2D eigenvalue weighted by Gasteiger charge is -2.09. The van der Waals surface area contributed by atoms with Crippen molar-refractivity contribution in [1.29, 1.82) is 0 Å². The van der Waals surface area contributed by atoms with Crippen LogP contribution < -0.4 is 11.1 Å². The van der Waals surface area contributed by atoms with E-state index in [0.717, 1.165) is 21.3 Å². The number of nitrogens with two attached hydrogens (primary N) is 1. The molecule has 0 bridgehead atoms. The first-order chi connectivity index (χ1) is 7.83. The molecule has 2 aromatic rings. The lowest BCUT2D eigenvalue weighted by molar-refractivity contribution is 0.886. The lowest BCUT2D eigenvalue weighted by Crippen LogP contribution is -2.28. The Morgan fingerprint density at radius 1 is 1.28 bits per heavy atom. The standard InChI is InChI=1S/C12H13N3S.2ClH/c13-5-7-15-12(16)11-3-1-2-9-8-14-6-4-10(9)11;;/h1-4,6,8H,5,7,13H2,(H,15,16);2*1H. The number of rotatable bonds is 3. The van der Waals surface area contributed by atoms with E-state index in [9.17, 15) is 0 Å². The summed E-state index contributed by atoms with van der Waals surface area (Å²) in [6.07, 6.45) is 3.61. The van der Waals surface area contributed by atoms with Gasteiger partial charge >= 0.3 is 0 Å². The zero-order valence-electron chi connectivity index (χ0n) is 9.63. The van der Waals surface area contributed by atoms with E-state index in [-0.39, 0.29) is 24.8 Å². The molecule has 0 radical (unpaired) electrons. The van der Waals surface area contributed by atoms with Gasteiger partial charge in [0.15, 0.2) is 0 Å². The van der Waals surface area contributed by atoms with Gasteiger partial charge in [-0.05, 0) is 11.5 Å². The number of fused-ring (bicyclic) bond motifs is 1. The van der Waals surface area contributed by atoms with Crippen molar-refractivity contribution in [2.24, 2.45) is 5.73 Å². The maximum absolute atomic E-state index is 5.44. The van der Waals surface area contributed by atoms with Crippen LogP contribution in [-0.4, -0.2) is 23.1 Å². The molecule has 3 nitrogen and oxygen atoms in total. The highest BCUT2D eigenvalue weighted by molar-refractivity contribution is 7.80. The normalized spacial score (nSPS) is 9.17. The van der Waals surface area contributed by atoms with Gasteiger partial charge in [-0.3, -0.25) is 4.98 Å². The molecule has 98 valence electrons. The highest BCUT2D eigenvalue weighted by atomic mass is 35.5. The highest BCUT2D eigenvalue weighted by Crippen LogP contribution is 2.17. The van der Waals surface area contributed by atoms with Crippen LogP contribution in [0, 0.1) is 0 Å². The van der Waals surface area contributed by atoms with Gasteiger partial charge in [-0.2, -0.15) is 0 Å². The Balaban J connectivity index is 0.00000144. The van der Waals surface area contributed by atoms with Gasteiger partial charge < -0.3 is 11.1 Å². The number of hydrogen-bond donors (Lipinski definition) is 2. The van der Waals surface area contributed by atoms with Crippen LogP contribution in [0.25, 0.3) is 10.8 Å². The van der Waals surface area contributed by atoms with E-state index >= 15 is 0 Å². The molecule has 2 rings (SSSR count). The van der Waals surface area contributed by atoms with Crippen LogP contribution in [0.2, 0.25) is 0 Å². The van der Waals surface area contributed by atoms with Crippen molar-refractivity contribution < 1.29 is 0 Å². The third-order valence-corrected chi connectivity index (χ3v) is 2.72. The summed E-state index contributed by atoms with van der Waals surface area (Å²) >= 11 is 5.33. The number of aromatic nitrogens is 1. The molecule has 0 atom stereocenters. The van der Waals surface area contributed by atoms with E-state index in [2.05, 4.69) is 10.3 Å². The van der Waals surface area contributed by atoms with Crippen molar-refractivity contribution in [2.45, 2.75) is 0 Å². The van der Waals surface area contributed by atoms with Gasteiger partial charge in [0.25, 0.3) is 0 Å². The second kappa shape index (κ2) is 8.21. The summed E-state index contributed by atoms with van der Waals surface area (Å²) in [4.78, 5) is 4.83. The molecular weight excluding hydrogens is 289 g/mol. The third-order valence-electron chi connectivity index (χ3n) is 2.36. The smallest absolute Gasteiger partial charge is 0.107 e. The molecule has 1 heterocycles. The summed E-state index contributed by atoms with van der Waals surface area (Å²) in [6.45, 7) is 1.27. The van der Waals surface area contributed by atoms with E-state index < -0.39 is 0 Å². The van der Waals surface area contributed by atoms with Gasteiger partial charge in [0.1, 0.15) is 4.99 Å². The predicted octanol–water partition coefficient (Wildman–Crippen LogP) is 2.30. The molecule has 0 amide bonds. The molecule has 3 N–H and O–H groups in total. The summed E-state index contributed by atoms with van der Waals surface area (Å²) in [5.41, 5.74) is 6.47. The van der Waals surface area contributed by atoms with Gasteiger partial charge in [0.2, 0.25) is 0 Å². The zero-order valence-corrected chi connectivity index (χ0v) is 12.1.